The standard InChI is InChI=1S/C11H16S.C6H15N.C2H3N/c1-9-5-7-10(8-6-9)12-11(2,3)4;1-4-7(5-2)6-3;1-2-3/h5-8H,1-4H3;4-6H2,1-3H3;1H3. The molecule has 0 spiro atoms. The molecule has 0 N–H and O–H groups in total. The third-order valence-corrected chi connectivity index (χ3v) is 3.91. The molecule has 3 heteroatoms. The molecular formula is C19H34N2S. The molecule has 0 heterocycles. The Morgan fingerprint density at radius 1 is 1.00 bits per heavy atom. The number of benzene rings is 1. The second-order valence-corrected chi connectivity index (χ2v) is 7.77. The lowest BCUT2D eigenvalue weighted by Crippen LogP contribution is -2.21. The summed E-state index contributed by atoms with van der Waals surface area (Å²) in [5, 5.41) is 7.32. The fourth-order valence-electron chi connectivity index (χ4n) is 1.63. The van der Waals surface area contributed by atoms with Crippen LogP contribution in [0.2, 0.25) is 0 Å². The SMILES string of the molecule is CC#N.CCN(CC)CC.Cc1ccc(SC(C)(C)C)cc1. The van der Waals surface area contributed by atoms with Crippen LogP contribution in [0.25, 0.3) is 0 Å². The van der Waals surface area contributed by atoms with Crippen molar-refractivity contribution >= 4 is 11.8 Å². The molecule has 22 heavy (non-hydrogen) atoms. The molecule has 0 aliphatic carbocycles. The first-order valence-corrected chi connectivity index (χ1v) is 8.84. The van der Waals surface area contributed by atoms with Gasteiger partial charge in [0.05, 0.1) is 6.07 Å². The van der Waals surface area contributed by atoms with Crippen molar-refractivity contribution in [3.63, 3.8) is 0 Å². The lowest BCUT2D eigenvalue weighted by molar-refractivity contribution is 0.321. The van der Waals surface area contributed by atoms with Crippen LogP contribution in [0.1, 0.15) is 54.0 Å². The Labute approximate surface area is 142 Å². The molecule has 0 unspecified atom stereocenters. The first-order chi connectivity index (χ1) is 10.2. The molecule has 0 saturated heterocycles. The van der Waals surface area contributed by atoms with Crippen LogP contribution in [0.5, 0.6) is 0 Å². The Morgan fingerprint density at radius 2 is 1.36 bits per heavy atom. The minimum atomic E-state index is 0.315. The molecule has 0 amide bonds. The van der Waals surface area contributed by atoms with Crippen LogP contribution in [0.4, 0.5) is 0 Å². The van der Waals surface area contributed by atoms with E-state index >= 15 is 0 Å². The molecule has 0 aromatic heterocycles. The summed E-state index contributed by atoms with van der Waals surface area (Å²) in [4.78, 5) is 3.73. The fourth-order valence-corrected chi connectivity index (χ4v) is 2.61. The molecule has 0 fully saturated rings. The summed E-state index contributed by atoms with van der Waals surface area (Å²) < 4.78 is 0.315. The summed E-state index contributed by atoms with van der Waals surface area (Å²) in [5.74, 6) is 0. The Kier molecular flexibility index (Phi) is 14.5. The van der Waals surface area contributed by atoms with Gasteiger partial charge in [-0.3, -0.25) is 0 Å². The molecule has 0 atom stereocenters. The third-order valence-electron chi connectivity index (χ3n) is 2.79. The quantitative estimate of drug-likeness (QED) is 0.659. The summed E-state index contributed by atoms with van der Waals surface area (Å²) in [7, 11) is 0. The van der Waals surface area contributed by atoms with Gasteiger partial charge in [0, 0.05) is 16.6 Å². The topological polar surface area (TPSA) is 27.0 Å². The van der Waals surface area contributed by atoms with E-state index in [2.05, 4.69) is 77.6 Å². The zero-order valence-corrected chi connectivity index (χ0v) is 16.5. The number of hydrogen-bond donors (Lipinski definition) is 0. The second-order valence-electron chi connectivity index (χ2n) is 5.87. The van der Waals surface area contributed by atoms with E-state index in [0.29, 0.717) is 4.75 Å². The highest BCUT2D eigenvalue weighted by molar-refractivity contribution is 8.00. The minimum Gasteiger partial charge on any atom is -0.304 e. The summed E-state index contributed by atoms with van der Waals surface area (Å²) in [6, 6.07) is 10.4. The van der Waals surface area contributed by atoms with Crippen LogP contribution < -0.4 is 0 Å². The van der Waals surface area contributed by atoms with Gasteiger partial charge in [0.1, 0.15) is 0 Å². The second kappa shape index (κ2) is 13.7. The van der Waals surface area contributed by atoms with Crippen LogP contribution in [0, 0.1) is 18.3 Å². The average molecular weight is 323 g/mol. The van der Waals surface area contributed by atoms with Gasteiger partial charge in [0.15, 0.2) is 0 Å². The third kappa shape index (κ3) is 15.4. The van der Waals surface area contributed by atoms with Crippen LogP contribution in [-0.4, -0.2) is 29.3 Å². The predicted octanol–water partition coefficient (Wildman–Crippen LogP) is 5.76. The van der Waals surface area contributed by atoms with Crippen molar-refractivity contribution < 1.29 is 0 Å². The summed E-state index contributed by atoms with van der Waals surface area (Å²) in [6.07, 6.45) is 0. The Morgan fingerprint density at radius 3 is 1.59 bits per heavy atom. The van der Waals surface area contributed by atoms with Gasteiger partial charge in [0.2, 0.25) is 0 Å². The maximum Gasteiger partial charge on any atom is 0.0587 e. The smallest absolute Gasteiger partial charge is 0.0587 e. The van der Waals surface area contributed by atoms with E-state index in [1.807, 2.05) is 11.8 Å². The Balaban J connectivity index is 0. The molecule has 1 aromatic rings. The van der Waals surface area contributed by atoms with Crippen molar-refractivity contribution in [2.45, 2.75) is 65.0 Å². The van der Waals surface area contributed by atoms with Crippen LogP contribution in [0.15, 0.2) is 29.2 Å². The van der Waals surface area contributed by atoms with E-state index in [0.717, 1.165) is 0 Å². The first kappa shape index (κ1) is 23.3. The molecule has 1 rings (SSSR count). The van der Waals surface area contributed by atoms with Crippen molar-refractivity contribution in [3.8, 4) is 6.07 Å². The van der Waals surface area contributed by atoms with E-state index in [9.17, 15) is 0 Å². The highest BCUT2D eigenvalue weighted by atomic mass is 32.2. The molecule has 2 nitrogen and oxygen atoms in total. The monoisotopic (exact) mass is 322 g/mol. The molecule has 0 bridgehead atoms. The van der Waals surface area contributed by atoms with Crippen LogP contribution >= 0.6 is 11.8 Å². The van der Waals surface area contributed by atoms with E-state index in [4.69, 9.17) is 5.26 Å². The number of nitriles is 1. The Bertz CT molecular complexity index is 389. The van der Waals surface area contributed by atoms with Gasteiger partial charge < -0.3 is 4.90 Å². The number of thioether (sulfide) groups is 1. The van der Waals surface area contributed by atoms with Gasteiger partial charge in [-0.25, -0.2) is 0 Å². The van der Waals surface area contributed by atoms with Crippen LogP contribution in [-0.2, 0) is 0 Å². The summed E-state index contributed by atoms with van der Waals surface area (Å²) in [5.41, 5.74) is 1.33. The lowest BCUT2D eigenvalue weighted by Gasteiger charge is -2.17. The molecule has 0 saturated carbocycles. The van der Waals surface area contributed by atoms with Crippen molar-refractivity contribution in [2.75, 3.05) is 19.6 Å². The van der Waals surface area contributed by atoms with Crippen molar-refractivity contribution in [1.82, 2.24) is 4.90 Å². The minimum absolute atomic E-state index is 0.315. The van der Waals surface area contributed by atoms with E-state index < -0.39 is 0 Å². The van der Waals surface area contributed by atoms with Gasteiger partial charge in [0.25, 0.3) is 0 Å². The average Bonchev–Trinajstić information content (AvgIpc) is 2.43. The van der Waals surface area contributed by atoms with Gasteiger partial charge in [-0.1, -0.05) is 59.2 Å². The molecule has 0 aliphatic rings. The maximum atomic E-state index is 7.32. The van der Waals surface area contributed by atoms with E-state index in [-0.39, 0.29) is 0 Å². The largest absolute Gasteiger partial charge is 0.304 e. The summed E-state index contributed by atoms with van der Waals surface area (Å²) in [6.45, 7) is 20.4. The molecule has 1 aromatic carbocycles. The summed E-state index contributed by atoms with van der Waals surface area (Å²) >= 11 is 1.91. The Hall–Kier alpha value is -0.980. The van der Waals surface area contributed by atoms with Crippen molar-refractivity contribution in [1.29, 1.82) is 5.26 Å². The lowest BCUT2D eigenvalue weighted by atomic mass is 10.2. The normalized spacial score (nSPS) is 10.0. The maximum absolute atomic E-state index is 7.32. The highest BCUT2D eigenvalue weighted by Gasteiger charge is 2.11. The predicted molar refractivity (Wildman–Crippen MR) is 102 cm³/mol. The number of nitrogens with zero attached hydrogens (tertiary/aromatic N) is 2. The number of rotatable bonds is 4. The van der Waals surface area contributed by atoms with Crippen molar-refractivity contribution in [3.05, 3.63) is 29.8 Å². The van der Waals surface area contributed by atoms with E-state index in [1.54, 1.807) is 6.07 Å². The van der Waals surface area contributed by atoms with Crippen LogP contribution in [0.3, 0.4) is 0 Å². The van der Waals surface area contributed by atoms with Gasteiger partial charge in [-0.15, -0.1) is 11.8 Å². The van der Waals surface area contributed by atoms with Gasteiger partial charge in [-0.05, 0) is 38.7 Å². The molecule has 0 radical (unpaired) electrons. The zero-order valence-electron chi connectivity index (χ0n) is 15.7. The van der Waals surface area contributed by atoms with E-state index in [1.165, 1.54) is 37.0 Å². The first-order valence-electron chi connectivity index (χ1n) is 8.02. The molecule has 126 valence electrons. The van der Waals surface area contributed by atoms with Gasteiger partial charge in [-0.2, -0.15) is 5.26 Å². The molecular weight excluding hydrogens is 288 g/mol. The fraction of sp³-hybridized carbons (Fsp3) is 0.632. The van der Waals surface area contributed by atoms with Crippen molar-refractivity contribution in [2.24, 2.45) is 0 Å². The number of hydrogen-bond acceptors (Lipinski definition) is 3. The zero-order chi connectivity index (χ0) is 17.6. The molecule has 0 aliphatic heterocycles. The number of aryl methyl sites for hydroxylation is 1. The van der Waals surface area contributed by atoms with Gasteiger partial charge >= 0.3 is 0 Å². The highest BCUT2D eigenvalue weighted by Crippen LogP contribution is 2.31.